The Morgan fingerprint density at radius 1 is 0.763 bits per heavy atom. The van der Waals surface area contributed by atoms with Gasteiger partial charge in [0, 0.05) is 44.9 Å². The van der Waals surface area contributed by atoms with Gasteiger partial charge in [0.1, 0.15) is 0 Å². The zero-order chi connectivity index (χ0) is 28.7. The quantitative estimate of drug-likeness (QED) is 0.233. The topological polar surface area (TPSA) is 19.0 Å². The maximum atomic E-state index is 5.99. The highest BCUT2D eigenvalue weighted by Gasteiger charge is 2.44. The van der Waals surface area contributed by atoms with Crippen LogP contribution in [0, 0.1) is 23.2 Å². The van der Waals surface area contributed by atoms with Crippen molar-refractivity contribution in [3.05, 3.63) is 0 Å². The third kappa shape index (κ3) is 13.5. The Bertz CT molecular complexity index is 550. The standard InChI is InChI=1S/C17H34N2.C15H31NO.C2H6/c1-15(2)6-5-9-19-13-17(14-19)7-10-18(11-8-17)12-16(3)4;1-6-7-8-17-15-9-13(4)16(11-12(2)3)14(5)10-15;1-2/h15-16H,5-14H2,1-4H3;12-15H,6-11H2,1-5H3;1-2H3/t;13-,14+,15?;. The Morgan fingerprint density at radius 3 is 1.79 bits per heavy atom. The van der Waals surface area contributed by atoms with E-state index in [1.165, 1.54) is 97.2 Å². The van der Waals surface area contributed by atoms with Crippen LogP contribution in [-0.2, 0) is 4.74 Å². The van der Waals surface area contributed by atoms with Crippen molar-refractivity contribution in [1.29, 1.82) is 0 Å². The van der Waals surface area contributed by atoms with E-state index in [2.05, 4.69) is 77.0 Å². The van der Waals surface area contributed by atoms with Crippen molar-refractivity contribution in [2.45, 2.75) is 146 Å². The summed E-state index contributed by atoms with van der Waals surface area (Å²) in [6.07, 6.45) is 11.0. The molecule has 0 aromatic rings. The van der Waals surface area contributed by atoms with Gasteiger partial charge in [-0.25, -0.2) is 0 Å². The summed E-state index contributed by atoms with van der Waals surface area (Å²) >= 11 is 0. The molecule has 0 amide bonds. The van der Waals surface area contributed by atoms with Gasteiger partial charge in [-0.2, -0.15) is 0 Å². The molecule has 3 heterocycles. The maximum Gasteiger partial charge on any atom is 0.0604 e. The van der Waals surface area contributed by atoms with E-state index < -0.39 is 0 Å². The Morgan fingerprint density at radius 2 is 1.32 bits per heavy atom. The maximum absolute atomic E-state index is 5.99. The molecule has 0 saturated carbocycles. The Labute approximate surface area is 240 Å². The van der Waals surface area contributed by atoms with Crippen LogP contribution in [0.5, 0.6) is 0 Å². The van der Waals surface area contributed by atoms with Gasteiger partial charge in [0.15, 0.2) is 0 Å². The molecule has 3 aliphatic heterocycles. The first-order chi connectivity index (χ1) is 18.0. The number of ether oxygens (including phenoxy) is 1. The lowest BCUT2D eigenvalue weighted by atomic mass is 9.72. The molecular formula is C34H71N3O. The van der Waals surface area contributed by atoms with Gasteiger partial charge in [-0.3, -0.25) is 4.90 Å². The number of hydrogen-bond donors (Lipinski definition) is 0. The minimum Gasteiger partial charge on any atom is -0.378 e. The van der Waals surface area contributed by atoms with Crippen molar-refractivity contribution in [2.75, 3.05) is 52.4 Å². The summed E-state index contributed by atoms with van der Waals surface area (Å²) in [5.41, 5.74) is 0.714. The van der Waals surface area contributed by atoms with Crippen molar-refractivity contribution >= 4 is 0 Å². The van der Waals surface area contributed by atoms with Crippen LogP contribution >= 0.6 is 0 Å². The third-order valence-corrected chi connectivity index (χ3v) is 8.68. The molecule has 3 atom stereocenters. The molecule has 0 aromatic heterocycles. The second kappa shape index (κ2) is 19.1. The minimum atomic E-state index is 0.495. The van der Waals surface area contributed by atoms with E-state index >= 15 is 0 Å². The second-order valence-electron chi connectivity index (χ2n) is 14.0. The SMILES string of the molecule is CC.CC(C)CCCN1CC2(CCN(CC(C)C)CC2)C1.CCCCOC1C[C@@H](C)N(CC(C)C)[C@@H](C)C1. The molecule has 4 nitrogen and oxygen atoms in total. The zero-order valence-corrected chi connectivity index (χ0v) is 28.0. The average molecular weight is 538 g/mol. The first-order valence-electron chi connectivity index (χ1n) is 16.9. The molecule has 3 rings (SSSR count). The van der Waals surface area contributed by atoms with Crippen molar-refractivity contribution in [1.82, 2.24) is 14.7 Å². The Hall–Kier alpha value is -0.160. The molecule has 3 saturated heterocycles. The lowest BCUT2D eigenvalue weighted by molar-refractivity contribution is -0.0485. The summed E-state index contributed by atoms with van der Waals surface area (Å²) in [5, 5.41) is 0. The average Bonchev–Trinajstić information content (AvgIpc) is 2.83. The molecule has 3 aliphatic rings. The molecule has 0 radical (unpaired) electrons. The van der Waals surface area contributed by atoms with Gasteiger partial charge in [-0.15, -0.1) is 0 Å². The Balaban J connectivity index is 0.000000359. The van der Waals surface area contributed by atoms with Gasteiger partial charge in [0.05, 0.1) is 6.10 Å². The minimum absolute atomic E-state index is 0.495. The monoisotopic (exact) mass is 538 g/mol. The molecular weight excluding hydrogens is 466 g/mol. The van der Waals surface area contributed by atoms with E-state index in [9.17, 15) is 0 Å². The fraction of sp³-hybridized carbons (Fsp3) is 1.00. The fourth-order valence-corrected chi connectivity index (χ4v) is 6.70. The van der Waals surface area contributed by atoms with Crippen molar-refractivity contribution in [3.8, 4) is 0 Å². The molecule has 228 valence electrons. The molecule has 0 bridgehead atoms. The highest BCUT2D eigenvalue weighted by molar-refractivity contribution is 4.98. The molecule has 0 aromatic carbocycles. The van der Waals surface area contributed by atoms with E-state index in [1.807, 2.05) is 13.8 Å². The predicted octanol–water partition coefficient (Wildman–Crippen LogP) is 8.20. The van der Waals surface area contributed by atoms with Crippen molar-refractivity contribution in [2.24, 2.45) is 23.2 Å². The normalized spacial score (nSPS) is 26.2. The number of rotatable bonds is 12. The van der Waals surface area contributed by atoms with Gasteiger partial charge < -0.3 is 14.5 Å². The number of nitrogens with zero attached hydrogens (tertiary/aromatic N) is 3. The molecule has 38 heavy (non-hydrogen) atoms. The summed E-state index contributed by atoms with van der Waals surface area (Å²) in [4.78, 5) is 8.03. The van der Waals surface area contributed by atoms with Crippen LogP contribution in [0.4, 0.5) is 0 Å². The van der Waals surface area contributed by atoms with Crippen LogP contribution in [0.1, 0.15) is 128 Å². The van der Waals surface area contributed by atoms with Crippen molar-refractivity contribution < 1.29 is 4.74 Å². The van der Waals surface area contributed by atoms with E-state index in [0.29, 0.717) is 23.6 Å². The van der Waals surface area contributed by atoms with Crippen LogP contribution in [0.2, 0.25) is 0 Å². The summed E-state index contributed by atoms with van der Waals surface area (Å²) in [7, 11) is 0. The molecule has 1 spiro atoms. The summed E-state index contributed by atoms with van der Waals surface area (Å²) in [6.45, 7) is 35.2. The third-order valence-electron chi connectivity index (χ3n) is 8.68. The van der Waals surface area contributed by atoms with E-state index in [4.69, 9.17) is 4.74 Å². The predicted molar refractivity (Wildman–Crippen MR) is 169 cm³/mol. The smallest absolute Gasteiger partial charge is 0.0604 e. The molecule has 1 unspecified atom stereocenters. The lowest BCUT2D eigenvalue weighted by Crippen LogP contribution is -2.60. The number of likely N-dealkylation sites (tertiary alicyclic amines) is 3. The molecule has 0 aliphatic carbocycles. The van der Waals surface area contributed by atoms with Gasteiger partial charge >= 0.3 is 0 Å². The summed E-state index contributed by atoms with van der Waals surface area (Å²) in [5.74, 6) is 2.45. The van der Waals surface area contributed by atoms with Gasteiger partial charge in [-0.05, 0) is 102 Å². The first-order valence-corrected chi connectivity index (χ1v) is 16.9. The number of hydrogen-bond acceptors (Lipinski definition) is 4. The van der Waals surface area contributed by atoms with Crippen LogP contribution in [-0.4, -0.2) is 85.3 Å². The summed E-state index contributed by atoms with van der Waals surface area (Å²) < 4.78 is 5.99. The Kier molecular flexibility index (Phi) is 18.0. The van der Waals surface area contributed by atoms with Crippen LogP contribution in [0.25, 0.3) is 0 Å². The number of unbranched alkanes of at least 4 members (excludes halogenated alkanes) is 1. The van der Waals surface area contributed by atoms with Gasteiger partial charge in [-0.1, -0.05) is 68.7 Å². The molecule has 0 N–H and O–H groups in total. The summed E-state index contributed by atoms with van der Waals surface area (Å²) in [6, 6.07) is 1.35. The van der Waals surface area contributed by atoms with Crippen LogP contribution in [0.3, 0.4) is 0 Å². The second-order valence-corrected chi connectivity index (χ2v) is 14.0. The van der Waals surface area contributed by atoms with Crippen LogP contribution in [0.15, 0.2) is 0 Å². The van der Waals surface area contributed by atoms with E-state index in [-0.39, 0.29) is 0 Å². The first kappa shape index (κ1) is 35.9. The highest BCUT2D eigenvalue weighted by atomic mass is 16.5. The number of piperidine rings is 2. The van der Waals surface area contributed by atoms with E-state index in [0.717, 1.165) is 24.4 Å². The molecule has 4 heteroatoms. The fourth-order valence-electron chi connectivity index (χ4n) is 6.70. The highest BCUT2D eigenvalue weighted by Crippen LogP contribution is 2.40. The molecule has 3 fully saturated rings. The zero-order valence-electron chi connectivity index (χ0n) is 28.0. The lowest BCUT2D eigenvalue weighted by Gasteiger charge is -2.54. The van der Waals surface area contributed by atoms with Crippen LogP contribution < -0.4 is 0 Å². The largest absolute Gasteiger partial charge is 0.378 e. The van der Waals surface area contributed by atoms with Gasteiger partial charge in [0.25, 0.3) is 0 Å². The van der Waals surface area contributed by atoms with Crippen molar-refractivity contribution in [3.63, 3.8) is 0 Å². The van der Waals surface area contributed by atoms with E-state index in [1.54, 1.807) is 0 Å². The van der Waals surface area contributed by atoms with Gasteiger partial charge in [0.2, 0.25) is 0 Å².